The molecular weight excluding hydrogens is 256 g/mol. The molecule has 0 radical (unpaired) electrons. The van der Waals surface area contributed by atoms with Crippen molar-refractivity contribution in [3.63, 3.8) is 0 Å². The van der Waals surface area contributed by atoms with Gasteiger partial charge in [-0.2, -0.15) is 0 Å². The molecule has 0 atom stereocenters. The van der Waals surface area contributed by atoms with Crippen LogP contribution in [0.5, 0.6) is 5.88 Å². The lowest BCUT2D eigenvalue weighted by Crippen LogP contribution is -2.17. The van der Waals surface area contributed by atoms with Crippen molar-refractivity contribution in [1.29, 1.82) is 0 Å². The summed E-state index contributed by atoms with van der Waals surface area (Å²) in [6.45, 7) is 2.36. The van der Waals surface area contributed by atoms with Crippen LogP contribution in [0, 0.1) is 0 Å². The van der Waals surface area contributed by atoms with Crippen molar-refractivity contribution < 1.29 is 18.3 Å². The molecule has 0 unspecified atom stereocenters. The predicted molar refractivity (Wildman–Crippen MR) is 69.1 cm³/mol. The Kier molecular flexibility index (Phi) is 5.87. The fraction of sp³-hybridized carbons (Fsp3) is 0.545. The minimum atomic E-state index is -3.37. The lowest BCUT2D eigenvalue weighted by Gasteiger charge is -2.08. The number of pyridine rings is 1. The first-order valence-electron chi connectivity index (χ1n) is 5.77. The zero-order valence-electron chi connectivity index (χ0n) is 10.3. The Morgan fingerprint density at radius 1 is 1.39 bits per heavy atom. The Balaban J connectivity index is 2.55. The van der Waals surface area contributed by atoms with Crippen molar-refractivity contribution >= 4 is 15.7 Å². The van der Waals surface area contributed by atoms with Gasteiger partial charge in [0, 0.05) is 12.7 Å². The molecule has 1 rings (SSSR count). The second-order valence-electron chi connectivity index (χ2n) is 3.67. The molecule has 0 aliphatic carbocycles. The number of nitrogens with zero attached hydrogens (tertiary/aromatic N) is 1. The molecule has 0 spiro atoms. The molecule has 0 aliphatic heterocycles. The van der Waals surface area contributed by atoms with Gasteiger partial charge in [-0.15, -0.1) is 0 Å². The van der Waals surface area contributed by atoms with Gasteiger partial charge in [-0.05, 0) is 25.8 Å². The van der Waals surface area contributed by atoms with Crippen LogP contribution in [0.15, 0.2) is 18.3 Å². The first kappa shape index (κ1) is 14.7. The molecule has 2 N–H and O–H groups in total. The number of nitrogens with one attached hydrogen (secondary N) is 1. The minimum absolute atomic E-state index is 0.000128. The number of aliphatic hydroxyl groups is 1. The summed E-state index contributed by atoms with van der Waals surface area (Å²) in [4.78, 5) is 3.96. The molecule has 102 valence electrons. The van der Waals surface area contributed by atoms with E-state index in [1.807, 2.05) is 6.92 Å². The lowest BCUT2D eigenvalue weighted by molar-refractivity contribution is 0.287. The van der Waals surface area contributed by atoms with Crippen molar-refractivity contribution in [3.8, 4) is 5.88 Å². The predicted octanol–water partition coefficient (Wildman–Crippen LogP) is 0.994. The summed E-state index contributed by atoms with van der Waals surface area (Å²) < 4.78 is 30.8. The van der Waals surface area contributed by atoms with Crippen LogP contribution in [0.4, 0.5) is 5.69 Å². The SMILES string of the molecule is CCOc1ccc(NS(=O)(=O)CCCCO)cn1. The van der Waals surface area contributed by atoms with Crippen LogP contribution < -0.4 is 9.46 Å². The minimum Gasteiger partial charge on any atom is -0.478 e. The summed E-state index contributed by atoms with van der Waals surface area (Å²) in [5.74, 6) is 0.446. The second kappa shape index (κ2) is 7.17. The quantitative estimate of drug-likeness (QED) is 0.690. The topological polar surface area (TPSA) is 88.5 Å². The van der Waals surface area contributed by atoms with Crippen molar-refractivity contribution in [2.45, 2.75) is 19.8 Å². The van der Waals surface area contributed by atoms with E-state index in [2.05, 4.69) is 9.71 Å². The number of unbranched alkanes of at least 4 members (excludes halogenated alkanes) is 1. The highest BCUT2D eigenvalue weighted by molar-refractivity contribution is 7.92. The molecule has 0 aromatic carbocycles. The average Bonchev–Trinajstić information content (AvgIpc) is 2.32. The highest BCUT2D eigenvalue weighted by Gasteiger charge is 2.10. The van der Waals surface area contributed by atoms with Crippen LogP contribution >= 0.6 is 0 Å². The summed E-state index contributed by atoms with van der Waals surface area (Å²) in [5.41, 5.74) is 0.405. The molecule has 0 saturated heterocycles. The third-order valence-electron chi connectivity index (χ3n) is 2.12. The van der Waals surface area contributed by atoms with Crippen LogP contribution in [0.2, 0.25) is 0 Å². The van der Waals surface area contributed by atoms with E-state index < -0.39 is 10.0 Å². The van der Waals surface area contributed by atoms with Gasteiger partial charge in [0.2, 0.25) is 15.9 Å². The van der Waals surface area contributed by atoms with E-state index >= 15 is 0 Å². The van der Waals surface area contributed by atoms with E-state index in [-0.39, 0.29) is 12.4 Å². The summed E-state index contributed by atoms with van der Waals surface area (Å²) in [6.07, 6.45) is 2.31. The van der Waals surface area contributed by atoms with Gasteiger partial charge in [0.25, 0.3) is 0 Å². The smallest absolute Gasteiger partial charge is 0.232 e. The number of hydrogen-bond donors (Lipinski definition) is 2. The Morgan fingerprint density at radius 2 is 2.17 bits per heavy atom. The van der Waals surface area contributed by atoms with Crippen LogP contribution in [0.25, 0.3) is 0 Å². The van der Waals surface area contributed by atoms with Crippen LogP contribution in [0.1, 0.15) is 19.8 Å². The van der Waals surface area contributed by atoms with Crippen molar-refractivity contribution in [2.75, 3.05) is 23.7 Å². The molecule has 0 bridgehead atoms. The Hall–Kier alpha value is -1.34. The number of hydrogen-bond acceptors (Lipinski definition) is 5. The summed E-state index contributed by atoms with van der Waals surface area (Å²) in [7, 11) is -3.37. The molecule has 7 heteroatoms. The van der Waals surface area contributed by atoms with E-state index in [1.54, 1.807) is 12.1 Å². The van der Waals surface area contributed by atoms with Gasteiger partial charge in [0.1, 0.15) is 0 Å². The van der Waals surface area contributed by atoms with Gasteiger partial charge >= 0.3 is 0 Å². The van der Waals surface area contributed by atoms with E-state index in [9.17, 15) is 8.42 Å². The van der Waals surface area contributed by atoms with Gasteiger partial charge in [0.05, 0.1) is 24.2 Å². The fourth-order valence-corrected chi connectivity index (χ4v) is 2.47. The number of aromatic nitrogens is 1. The Bertz CT molecular complexity index is 445. The average molecular weight is 274 g/mol. The van der Waals surface area contributed by atoms with Crippen LogP contribution in [-0.4, -0.2) is 37.5 Å². The number of rotatable bonds is 8. The highest BCUT2D eigenvalue weighted by Crippen LogP contribution is 2.13. The summed E-state index contributed by atoms with van der Waals surface area (Å²) in [5, 5.41) is 8.59. The van der Waals surface area contributed by atoms with Crippen molar-refractivity contribution in [2.24, 2.45) is 0 Å². The standard InChI is InChI=1S/C11H18N2O4S/c1-2-17-11-6-5-10(9-12-11)13-18(15,16)8-4-3-7-14/h5-6,9,13-14H,2-4,7-8H2,1H3. The Labute approximate surface area is 107 Å². The molecule has 1 aromatic rings. The second-order valence-corrected chi connectivity index (χ2v) is 5.51. The molecular formula is C11H18N2O4S. The molecule has 6 nitrogen and oxygen atoms in total. The maximum absolute atomic E-state index is 11.6. The first-order chi connectivity index (χ1) is 8.57. The number of aliphatic hydroxyl groups excluding tert-OH is 1. The zero-order valence-corrected chi connectivity index (χ0v) is 11.1. The van der Waals surface area contributed by atoms with Crippen molar-refractivity contribution in [3.05, 3.63) is 18.3 Å². The fourth-order valence-electron chi connectivity index (χ4n) is 1.31. The van der Waals surface area contributed by atoms with Crippen molar-refractivity contribution in [1.82, 2.24) is 4.98 Å². The maximum atomic E-state index is 11.6. The van der Waals surface area contributed by atoms with Gasteiger partial charge < -0.3 is 9.84 Å². The monoisotopic (exact) mass is 274 g/mol. The lowest BCUT2D eigenvalue weighted by atomic mass is 10.4. The van der Waals surface area contributed by atoms with Crippen LogP contribution in [0.3, 0.4) is 0 Å². The van der Waals surface area contributed by atoms with E-state index in [0.29, 0.717) is 31.0 Å². The molecule has 1 heterocycles. The van der Waals surface area contributed by atoms with Gasteiger partial charge in [-0.1, -0.05) is 0 Å². The normalized spacial score (nSPS) is 11.2. The highest BCUT2D eigenvalue weighted by atomic mass is 32.2. The van der Waals surface area contributed by atoms with Gasteiger partial charge in [-0.25, -0.2) is 13.4 Å². The van der Waals surface area contributed by atoms with E-state index in [0.717, 1.165) is 0 Å². The summed E-state index contributed by atoms with van der Waals surface area (Å²) in [6, 6.07) is 3.21. The van der Waals surface area contributed by atoms with E-state index in [1.165, 1.54) is 6.20 Å². The Morgan fingerprint density at radius 3 is 2.72 bits per heavy atom. The molecule has 18 heavy (non-hydrogen) atoms. The van der Waals surface area contributed by atoms with Crippen LogP contribution in [-0.2, 0) is 10.0 Å². The maximum Gasteiger partial charge on any atom is 0.232 e. The zero-order chi connectivity index (χ0) is 13.4. The summed E-state index contributed by atoms with van der Waals surface area (Å²) >= 11 is 0. The van der Waals surface area contributed by atoms with Gasteiger partial charge in [-0.3, -0.25) is 4.72 Å². The number of ether oxygens (including phenoxy) is 1. The molecule has 0 amide bonds. The van der Waals surface area contributed by atoms with Gasteiger partial charge in [0.15, 0.2) is 0 Å². The van der Waals surface area contributed by atoms with E-state index in [4.69, 9.17) is 9.84 Å². The first-order valence-corrected chi connectivity index (χ1v) is 7.43. The molecule has 0 saturated carbocycles. The molecule has 1 aromatic heterocycles. The third-order valence-corrected chi connectivity index (χ3v) is 3.50. The molecule has 0 aliphatic rings. The largest absolute Gasteiger partial charge is 0.478 e. The third kappa shape index (κ3) is 5.33. The molecule has 0 fully saturated rings. The number of anilines is 1. The number of sulfonamides is 1.